The van der Waals surface area contributed by atoms with Crippen molar-refractivity contribution in [2.24, 2.45) is 11.8 Å². The highest BCUT2D eigenvalue weighted by Crippen LogP contribution is 2.53. The molecular weight excluding hydrogens is 461 g/mol. The lowest BCUT2D eigenvalue weighted by molar-refractivity contribution is -0.142. The number of hydrogen-bond donors (Lipinski definition) is 3. The number of rotatable bonds is 5. The Morgan fingerprint density at radius 3 is 2.42 bits per heavy atom. The normalized spacial score (nSPS) is 26.4. The molecule has 0 aliphatic carbocycles. The molecule has 3 aromatic carbocycles. The van der Waals surface area contributed by atoms with Crippen LogP contribution in [0.3, 0.4) is 0 Å². The Kier molecular flexibility index (Phi) is 5.15. The third-order valence-corrected chi connectivity index (χ3v) is 7.63. The Labute approximate surface area is 206 Å². The maximum Gasteiger partial charge on any atom is 0.250 e. The molecule has 0 saturated carbocycles. The number of imide groups is 1. The molecule has 0 aromatic heterocycles. The molecule has 3 aromatic rings. The van der Waals surface area contributed by atoms with Crippen LogP contribution in [0.25, 0.3) is 0 Å². The van der Waals surface area contributed by atoms with Crippen LogP contribution in [0.2, 0.25) is 0 Å². The summed E-state index contributed by atoms with van der Waals surface area (Å²) in [4.78, 5) is 42.3. The van der Waals surface area contributed by atoms with Crippen LogP contribution in [-0.2, 0) is 32.8 Å². The highest BCUT2D eigenvalue weighted by Gasteiger charge is 2.70. The number of fused-ring (bicyclic) bond motifs is 4. The first-order valence-electron chi connectivity index (χ1n) is 11.9. The van der Waals surface area contributed by atoms with Gasteiger partial charge < -0.3 is 10.4 Å². The number of carbonyl (C=O) groups excluding carboxylic acids is 3. The van der Waals surface area contributed by atoms with Gasteiger partial charge in [-0.25, -0.2) is 4.39 Å². The van der Waals surface area contributed by atoms with Crippen LogP contribution >= 0.6 is 0 Å². The molecule has 0 radical (unpaired) electrons. The predicted molar refractivity (Wildman–Crippen MR) is 129 cm³/mol. The predicted octanol–water partition coefficient (Wildman–Crippen LogP) is 2.74. The summed E-state index contributed by atoms with van der Waals surface area (Å²) in [5.41, 5.74) is 1.07. The van der Waals surface area contributed by atoms with Gasteiger partial charge >= 0.3 is 0 Å². The summed E-state index contributed by atoms with van der Waals surface area (Å²) in [6.45, 7) is 0.203. The Morgan fingerprint density at radius 2 is 1.67 bits per heavy atom. The highest BCUT2D eigenvalue weighted by molar-refractivity contribution is 6.15. The monoisotopic (exact) mass is 485 g/mol. The number of amides is 3. The minimum Gasteiger partial charge on any atom is -0.508 e. The van der Waals surface area contributed by atoms with E-state index in [1.807, 2.05) is 30.3 Å². The van der Waals surface area contributed by atoms with Crippen molar-refractivity contribution in [1.82, 2.24) is 10.2 Å². The molecule has 1 spiro atoms. The molecule has 6 rings (SSSR count). The van der Waals surface area contributed by atoms with Crippen LogP contribution in [0.1, 0.15) is 16.7 Å². The quantitative estimate of drug-likeness (QED) is 0.483. The van der Waals surface area contributed by atoms with Crippen molar-refractivity contribution in [3.8, 4) is 5.75 Å². The first-order valence-corrected chi connectivity index (χ1v) is 11.9. The maximum absolute atomic E-state index is 14.4. The van der Waals surface area contributed by atoms with Gasteiger partial charge in [0.15, 0.2) is 0 Å². The Balaban J connectivity index is 1.40. The number of phenols is 1. The molecule has 0 bridgehead atoms. The van der Waals surface area contributed by atoms with E-state index in [1.54, 1.807) is 24.3 Å². The molecule has 0 unspecified atom stereocenters. The number of anilines is 1. The van der Waals surface area contributed by atoms with Crippen LogP contribution in [0.4, 0.5) is 10.1 Å². The van der Waals surface area contributed by atoms with Crippen LogP contribution in [0.15, 0.2) is 72.8 Å². The van der Waals surface area contributed by atoms with Crippen LogP contribution < -0.4 is 10.6 Å². The fraction of sp³-hybridized carbons (Fsp3) is 0.250. The molecule has 2 saturated heterocycles. The molecule has 3 heterocycles. The number of nitrogens with zero attached hydrogens (tertiary/aromatic N) is 1. The van der Waals surface area contributed by atoms with E-state index in [2.05, 4.69) is 10.6 Å². The Morgan fingerprint density at radius 1 is 0.917 bits per heavy atom. The number of hydrogen-bond acceptors (Lipinski definition) is 5. The second-order valence-corrected chi connectivity index (χ2v) is 9.64. The molecule has 36 heavy (non-hydrogen) atoms. The fourth-order valence-electron chi connectivity index (χ4n) is 6.00. The molecule has 3 aliphatic rings. The largest absolute Gasteiger partial charge is 0.508 e. The summed E-state index contributed by atoms with van der Waals surface area (Å²) >= 11 is 0. The number of aromatic hydroxyl groups is 1. The van der Waals surface area contributed by atoms with Crippen molar-refractivity contribution in [2.75, 3.05) is 11.9 Å². The van der Waals surface area contributed by atoms with Crippen molar-refractivity contribution < 1.29 is 23.9 Å². The zero-order chi connectivity index (χ0) is 25.0. The van der Waals surface area contributed by atoms with E-state index >= 15 is 0 Å². The zero-order valence-electron chi connectivity index (χ0n) is 19.3. The molecule has 2 fully saturated rings. The average molecular weight is 486 g/mol. The van der Waals surface area contributed by atoms with E-state index in [-0.39, 0.29) is 18.2 Å². The fourth-order valence-corrected chi connectivity index (χ4v) is 6.00. The molecule has 3 amide bonds. The average Bonchev–Trinajstić information content (AvgIpc) is 3.44. The second kappa shape index (κ2) is 8.27. The van der Waals surface area contributed by atoms with E-state index < -0.39 is 41.0 Å². The first-order chi connectivity index (χ1) is 17.4. The summed E-state index contributed by atoms with van der Waals surface area (Å²) in [7, 11) is 0. The Bertz CT molecular complexity index is 1380. The van der Waals surface area contributed by atoms with Gasteiger partial charge in [0.2, 0.25) is 17.7 Å². The van der Waals surface area contributed by atoms with Gasteiger partial charge in [-0.05, 0) is 54.3 Å². The van der Waals surface area contributed by atoms with Crippen molar-refractivity contribution >= 4 is 23.4 Å². The zero-order valence-corrected chi connectivity index (χ0v) is 19.3. The number of likely N-dealkylation sites (tertiary alicyclic amines) is 1. The lowest BCUT2D eigenvalue weighted by Gasteiger charge is -2.29. The standard InChI is InChI=1S/C28H24FN3O4/c29-18-8-11-21-20(15-18)28(27(36)30-21)24-23(22(31-28)14-17-6-9-19(33)10-7-17)25(34)32(26(24)35)13-12-16-4-2-1-3-5-16/h1-11,15,22-24,31,33H,12-14H2,(H,30,36)/t22-,23+,24-,28+/m0/s1. The van der Waals surface area contributed by atoms with Gasteiger partial charge in [0.05, 0.1) is 11.8 Å². The topological polar surface area (TPSA) is 98.7 Å². The number of nitrogens with one attached hydrogen (secondary N) is 2. The van der Waals surface area contributed by atoms with Gasteiger partial charge in [0.1, 0.15) is 17.1 Å². The van der Waals surface area contributed by atoms with Crippen LogP contribution in [0, 0.1) is 17.7 Å². The number of carbonyl (C=O) groups is 3. The van der Waals surface area contributed by atoms with Crippen molar-refractivity contribution in [2.45, 2.75) is 24.4 Å². The molecule has 3 N–H and O–H groups in total. The third-order valence-electron chi connectivity index (χ3n) is 7.63. The number of phenolic OH excluding ortho intramolecular Hbond substituents is 1. The van der Waals surface area contributed by atoms with E-state index in [0.29, 0.717) is 24.1 Å². The lowest BCUT2D eigenvalue weighted by Crippen LogP contribution is -2.53. The summed E-state index contributed by atoms with van der Waals surface area (Å²) in [5, 5.41) is 15.8. The van der Waals surface area contributed by atoms with Gasteiger partial charge in [-0.15, -0.1) is 0 Å². The van der Waals surface area contributed by atoms with Gasteiger partial charge in [-0.3, -0.25) is 24.6 Å². The smallest absolute Gasteiger partial charge is 0.250 e. The van der Waals surface area contributed by atoms with Gasteiger partial charge in [0, 0.05) is 23.8 Å². The number of benzene rings is 3. The highest BCUT2D eigenvalue weighted by atomic mass is 19.1. The van der Waals surface area contributed by atoms with Gasteiger partial charge in [0.25, 0.3) is 0 Å². The van der Waals surface area contributed by atoms with Crippen LogP contribution in [-0.4, -0.2) is 40.3 Å². The van der Waals surface area contributed by atoms with Crippen molar-refractivity contribution in [3.63, 3.8) is 0 Å². The molecule has 8 heteroatoms. The molecule has 4 atom stereocenters. The van der Waals surface area contributed by atoms with Crippen molar-refractivity contribution in [3.05, 3.63) is 95.3 Å². The van der Waals surface area contributed by atoms with E-state index in [1.165, 1.54) is 23.1 Å². The molecular formula is C28H24FN3O4. The third kappa shape index (κ3) is 3.32. The summed E-state index contributed by atoms with van der Waals surface area (Å²) in [5.74, 6) is -3.40. The summed E-state index contributed by atoms with van der Waals surface area (Å²) in [6, 6.07) is 19.6. The van der Waals surface area contributed by atoms with E-state index in [0.717, 1.165) is 11.1 Å². The van der Waals surface area contributed by atoms with E-state index in [9.17, 15) is 23.9 Å². The van der Waals surface area contributed by atoms with Gasteiger partial charge in [-0.2, -0.15) is 0 Å². The minimum absolute atomic E-state index is 0.117. The summed E-state index contributed by atoms with van der Waals surface area (Å²) < 4.78 is 14.4. The van der Waals surface area contributed by atoms with Crippen LogP contribution in [0.5, 0.6) is 5.75 Å². The maximum atomic E-state index is 14.4. The minimum atomic E-state index is -1.54. The SMILES string of the molecule is O=C1[C@@H]2[C@H](Cc3ccc(O)cc3)N[C@@]3(C(=O)Nc4ccc(F)cc43)[C@@H]2C(=O)N1CCc1ccccc1. The van der Waals surface area contributed by atoms with Gasteiger partial charge in [-0.1, -0.05) is 42.5 Å². The lowest BCUT2D eigenvalue weighted by atomic mass is 9.76. The Hall–Kier alpha value is -4.04. The second-order valence-electron chi connectivity index (χ2n) is 9.64. The number of halogens is 1. The molecule has 7 nitrogen and oxygen atoms in total. The van der Waals surface area contributed by atoms with Crippen molar-refractivity contribution in [1.29, 1.82) is 0 Å². The first kappa shape index (κ1) is 22.4. The van der Waals surface area contributed by atoms with E-state index in [4.69, 9.17) is 0 Å². The summed E-state index contributed by atoms with van der Waals surface area (Å²) in [6.07, 6.45) is 0.852. The molecule has 3 aliphatic heterocycles. The molecule has 182 valence electrons.